The third-order valence-electron chi connectivity index (χ3n) is 2.84. The molecular formula is C12H12N2O2. The topological polar surface area (TPSA) is 64.3 Å². The average molecular weight is 216 g/mol. The summed E-state index contributed by atoms with van der Waals surface area (Å²) < 4.78 is 0. The summed E-state index contributed by atoms with van der Waals surface area (Å²) in [4.78, 5) is 12.7. The van der Waals surface area contributed by atoms with E-state index >= 15 is 0 Å². The predicted octanol–water partition coefficient (Wildman–Crippen LogP) is 1.07. The van der Waals surface area contributed by atoms with Crippen molar-refractivity contribution in [1.82, 2.24) is 4.90 Å². The molecule has 1 heterocycles. The van der Waals surface area contributed by atoms with E-state index < -0.39 is 5.97 Å². The predicted molar refractivity (Wildman–Crippen MR) is 57.6 cm³/mol. The van der Waals surface area contributed by atoms with Gasteiger partial charge in [0.25, 0.3) is 0 Å². The Morgan fingerprint density at radius 2 is 2.19 bits per heavy atom. The van der Waals surface area contributed by atoms with Crippen molar-refractivity contribution in [3.8, 4) is 6.07 Å². The number of nitriles is 1. The van der Waals surface area contributed by atoms with Crippen LogP contribution in [-0.4, -0.2) is 29.1 Å². The van der Waals surface area contributed by atoms with Crippen LogP contribution in [0.1, 0.15) is 11.1 Å². The van der Waals surface area contributed by atoms with Crippen LogP contribution in [0.25, 0.3) is 0 Å². The van der Waals surface area contributed by atoms with Crippen LogP contribution in [0.5, 0.6) is 0 Å². The molecule has 0 atom stereocenters. The van der Waals surface area contributed by atoms with E-state index in [0.29, 0.717) is 25.2 Å². The van der Waals surface area contributed by atoms with E-state index in [1.54, 1.807) is 6.07 Å². The Bertz CT molecular complexity index is 445. The van der Waals surface area contributed by atoms with Crippen molar-refractivity contribution in [2.45, 2.75) is 6.54 Å². The number of nitrogens with zero attached hydrogens (tertiary/aromatic N) is 2. The van der Waals surface area contributed by atoms with Gasteiger partial charge in [-0.1, -0.05) is 18.2 Å². The minimum absolute atomic E-state index is 0.241. The van der Waals surface area contributed by atoms with Gasteiger partial charge in [-0.15, -0.1) is 0 Å². The summed E-state index contributed by atoms with van der Waals surface area (Å²) in [6, 6.07) is 9.56. The van der Waals surface area contributed by atoms with Gasteiger partial charge in [-0.25, -0.2) is 0 Å². The summed E-state index contributed by atoms with van der Waals surface area (Å²) in [5, 5.41) is 17.6. The van der Waals surface area contributed by atoms with Gasteiger partial charge in [0.1, 0.15) is 0 Å². The number of hydrogen-bond donors (Lipinski definition) is 1. The van der Waals surface area contributed by atoms with Gasteiger partial charge in [0.2, 0.25) is 0 Å². The molecule has 0 spiro atoms. The first-order chi connectivity index (χ1) is 7.70. The van der Waals surface area contributed by atoms with E-state index in [2.05, 4.69) is 6.07 Å². The summed E-state index contributed by atoms with van der Waals surface area (Å²) in [5.41, 5.74) is 1.63. The molecule has 0 bridgehead atoms. The molecule has 1 fully saturated rings. The number of aliphatic carboxylic acids is 1. The number of rotatable bonds is 3. The molecule has 1 aliphatic rings. The molecule has 0 aliphatic carbocycles. The lowest BCUT2D eigenvalue weighted by atomic mass is 9.98. The molecule has 0 unspecified atom stereocenters. The summed E-state index contributed by atoms with van der Waals surface area (Å²) in [7, 11) is 0. The van der Waals surface area contributed by atoms with E-state index in [1.165, 1.54) is 0 Å². The van der Waals surface area contributed by atoms with Crippen molar-refractivity contribution in [1.29, 1.82) is 5.26 Å². The largest absolute Gasteiger partial charge is 0.481 e. The normalized spacial score (nSPS) is 16.4. The zero-order valence-electron chi connectivity index (χ0n) is 8.76. The monoisotopic (exact) mass is 216 g/mol. The Labute approximate surface area is 93.7 Å². The molecule has 82 valence electrons. The molecule has 1 N–H and O–H groups in total. The fraction of sp³-hybridized carbons (Fsp3) is 0.333. The number of likely N-dealkylation sites (tertiary alicyclic amines) is 1. The van der Waals surface area contributed by atoms with Crippen molar-refractivity contribution < 1.29 is 9.90 Å². The fourth-order valence-corrected chi connectivity index (χ4v) is 1.86. The second-order valence-electron chi connectivity index (χ2n) is 4.00. The lowest BCUT2D eigenvalue weighted by molar-refractivity contribution is -0.147. The Morgan fingerprint density at radius 3 is 2.81 bits per heavy atom. The minimum atomic E-state index is -0.732. The van der Waals surface area contributed by atoms with Gasteiger partial charge < -0.3 is 5.11 Å². The first-order valence-electron chi connectivity index (χ1n) is 5.14. The Kier molecular flexibility index (Phi) is 2.88. The maximum absolute atomic E-state index is 10.6. The second-order valence-corrected chi connectivity index (χ2v) is 4.00. The molecule has 4 heteroatoms. The first kappa shape index (κ1) is 10.7. The first-order valence-corrected chi connectivity index (χ1v) is 5.14. The highest BCUT2D eigenvalue weighted by Gasteiger charge is 2.32. The summed E-state index contributed by atoms with van der Waals surface area (Å²) in [5.74, 6) is -0.973. The molecule has 0 amide bonds. The molecule has 4 nitrogen and oxygen atoms in total. The van der Waals surface area contributed by atoms with Crippen LogP contribution in [0.15, 0.2) is 24.3 Å². The van der Waals surface area contributed by atoms with Gasteiger partial charge in [0.05, 0.1) is 17.6 Å². The van der Waals surface area contributed by atoms with E-state index in [0.717, 1.165) is 5.56 Å². The number of carboxylic acids is 1. The molecule has 2 rings (SSSR count). The van der Waals surface area contributed by atoms with E-state index in [4.69, 9.17) is 10.4 Å². The van der Waals surface area contributed by atoms with Gasteiger partial charge in [-0.05, 0) is 11.6 Å². The van der Waals surface area contributed by atoms with Gasteiger partial charge in [-0.3, -0.25) is 9.69 Å². The highest BCUT2D eigenvalue weighted by molar-refractivity contribution is 5.71. The minimum Gasteiger partial charge on any atom is -0.481 e. The maximum atomic E-state index is 10.6. The highest BCUT2D eigenvalue weighted by atomic mass is 16.4. The van der Waals surface area contributed by atoms with E-state index in [9.17, 15) is 4.79 Å². The molecule has 1 aliphatic heterocycles. The summed E-state index contributed by atoms with van der Waals surface area (Å²) in [6.07, 6.45) is 0. The van der Waals surface area contributed by atoms with Gasteiger partial charge in [0, 0.05) is 19.6 Å². The number of carbonyl (C=O) groups is 1. The van der Waals surface area contributed by atoms with Crippen molar-refractivity contribution in [3.63, 3.8) is 0 Å². The van der Waals surface area contributed by atoms with Crippen molar-refractivity contribution in [2.24, 2.45) is 5.92 Å². The van der Waals surface area contributed by atoms with Crippen LogP contribution in [0, 0.1) is 17.2 Å². The third-order valence-corrected chi connectivity index (χ3v) is 2.84. The van der Waals surface area contributed by atoms with Gasteiger partial charge >= 0.3 is 5.97 Å². The number of carboxylic acid groups (broad SMARTS) is 1. The van der Waals surface area contributed by atoms with Crippen LogP contribution in [0.3, 0.4) is 0 Å². The number of hydrogen-bond acceptors (Lipinski definition) is 3. The fourth-order valence-electron chi connectivity index (χ4n) is 1.86. The standard InChI is InChI=1S/C12H12N2O2/c13-5-9-3-1-2-4-10(9)6-14-7-11(8-14)12(15)16/h1-4,11H,6-8H2,(H,15,16). The van der Waals surface area contributed by atoms with Crippen LogP contribution >= 0.6 is 0 Å². The zero-order valence-corrected chi connectivity index (χ0v) is 8.76. The second kappa shape index (κ2) is 4.33. The zero-order chi connectivity index (χ0) is 11.5. The van der Waals surface area contributed by atoms with Crippen molar-refractivity contribution in [3.05, 3.63) is 35.4 Å². The van der Waals surface area contributed by atoms with Gasteiger partial charge in [0.15, 0.2) is 0 Å². The molecule has 1 aromatic rings. The van der Waals surface area contributed by atoms with Crippen LogP contribution in [-0.2, 0) is 11.3 Å². The highest BCUT2D eigenvalue weighted by Crippen LogP contribution is 2.20. The van der Waals surface area contributed by atoms with Crippen LogP contribution < -0.4 is 0 Å². The SMILES string of the molecule is N#Cc1ccccc1CN1CC(C(=O)O)C1. The molecule has 0 saturated carbocycles. The molecule has 16 heavy (non-hydrogen) atoms. The van der Waals surface area contributed by atoms with Crippen molar-refractivity contribution >= 4 is 5.97 Å². The smallest absolute Gasteiger partial charge is 0.309 e. The molecule has 1 aromatic carbocycles. The van der Waals surface area contributed by atoms with E-state index in [-0.39, 0.29) is 5.92 Å². The number of benzene rings is 1. The van der Waals surface area contributed by atoms with Gasteiger partial charge in [-0.2, -0.15) is 5.26 Å². The average Bonchev–Trinajstić information content (AvgIpc) is 2.22. The lowest BCUT2D eigenvalue weighted by Gasteiger charge is -2.36. The van der Waals surface area contributed by atoms with E-state index in [1.807, 2.05) is 23.1 Å². The Balaban J connectivity index is 1.97. The lowest BCUT2D eigenvalue weighted by Crippen LogP contribution is -2.49. The molecule has 0 radical (unpaired) electrons. The molecule has 0 aromatic heterocycles. The Morgan fingerprint density at radius 1 is 1.50 bits per heavy atom. The summed E-state index contributed by atoms with van der Waals surface area (Å²) in [6.45, 7) is 1.82. The quantitative estimate of drug-likeness (QED) is 0.821. The molecular weight excluding hydrogens is 204 g/mol. The maximum Gasteiger partial charge on any atom is 0.309 e. The van der Waals surface area contributed by atoms with Crippen LogP contribution in [0.4, 0.5) is 0 Å². The summed E-state index contributed by atoms with van der Waals surface area (Å²) >= 11 is 0. The molecule has 1 saturated heterocycles. The Hall–Kier alpha value is -1.86. The van der Waals surface area contributed by atoms with Crippen LogP contribution in [0.2, 0.25) is 0 Å². The van der Waals surface area contributed by atoms with Crippen molar-refractivity contribution in [2.75, 3.05) is 13.1 Å². The third kappa shape index (κ3) is 2.05.